The molecule has 0 radical (unpaired) electrons. The second kappa shape index (κ2) is 10.8. The minimum absolute atomic E-state index is 0.0403. The molecule has 43 heavy (non-hydrogen) atoms. The first-order valence-electron chi connectivity index (χ1n) is 14.2. The van der Waals surface area contributed by atoms with Crippen molar-refractivity contribution in [1.82, 2.24) is 19.6 Å². The maximum absolute atomic E-state index is 15.0. The van der Waals surface area contributed by atoms with Gasteiger partial charge in [-0.15, -0.1) is 0 Å². The quantitative estimate of drug-likeness (QED) is 0.394. The van der Waals surface area contributed by atoms with Gasteiger partial charge in [0.2, 0.25) is 21.9 Å². The highest BCUT2D eigenvalue weighted by Gasteiger charge is 2.65. The van der Waals surface area contributed by atoms with Gasteiger partial charge < -0.3 is 20.9 Å². The molecular formula is C28H37F4N7O3S. The van der Waals surface area contributed by atoms with Gasteiger partial charge in [0.25, 0.3) is 0 Å². The van der Waals surface area contributed by atoms with Crippen molar-refractivity contribution in [3.8, 4) is 0 Å². The van der Waals surface area contributed by atoms with Gasteiger partial charge in [0.05, 0.1) is 29.5 Å². The monoisotopic (exact) mass is 627 g/mol. The fourth-order valence-corrected chi connectivity index (χ4v) is 8.04. The molecule has 1 aromatic carbocycles. The second-order valence-corrected chi connectivity index (χ2v) is 14.5. The van der Waals surface area contributed by atoms with E-state index in [2.05, 4.69) is 39.8 Å². The predicted octanol–water partition coefficient (Wildman–Crippen LogP) is 4.06. The van der Waals surface area contributed by atoms with Gasteiger partial charge in [0.1, 0.15) is 0 Å². The Balaban J connectivity index is 1.40. The van der Waals surface area contributed by atoms with Gasteiger partial charge in [0, 0.05) is 44.6 Å². The summed E-state index contributed by atoms with van der Waals surface area (Å²) in [7, 11) is -1.87. The van der Waals surface area contributed by atoms with E-state index >= 15 is 4.39 Å². The van der Waals surface area contributed by atoms with Crippen LogP contribution in [0.15, 0.2) is 24.4 Å². The van der Waals surface area contributed by atoms with E-state index in [4.69, 9.17) is 0 Å². The van der Waals surface area contributed by atoms with Crippen molar-refractivity contribution < 1.29 is 30.8 Å². The molecule has 4 atom stereocenters. The number of amides is 1. The molecule has 4 fully saturated rings. The van der Waals surface area contributed by atoms with Crippen molar-refractivity contribution >= 4 is 39.1 Å². The zero-order valence-corrected chi connectivity index (χ0v) is 25.5. The Morgan fingerprint density at radius 2 is 1.77 bits per heavy atom. The third kappa shape index (κ3) is 5.73. The molecule has 2 heterocycles. The van der Waals surface area contributed by atoms with Crippen LogP contribution < -0.4 is 20.9 Å². The Kier molecular flexibility index (Phi) is 7.81. The maximum Gasteiger partial charge on any atom is 0.418 e. The summed E-state index contributed by atoms with van der Waals surface area (Å²) in [5, 5.41) is 8.68. The lowest BCUT2D eigenvalue weighted by molar-refractivity contribution is -0.155. The van der Waals surface area contributed by atoms with Gasteiger partial charge in [-0.1, -0.05) is 13.8 Å². The van der Waals surface area contributed by atoms with Crippen molar-refractivity contribution in [2.24, 2.45) is 23.2 Å². The normalized spacial score (nSPS) is 27.3. The molecule has 6 rings (SSSR count). The number of hydrogen-bond acceptors (Lipinski definition) is 8. The summed E-state index contributed by atoms with van der Waals surface area (Å²) in [6.07, 6.45) is -1.16. The number of hydrogen-bond donors (Lipinski definition) is 3. The van der Waals surface area contributed by atoms with Crippen LogP contribution in [0.4, 0.5) is 40.7 Å². The number of fused-ring (bicyclic) bond motifs is 2. The number of rotatable bonds is 7. The molecule has 3 saturated carbocycles. The van der Waals surface area contributed by atoms with Gasteiger partial charge in [-0.05, 0) is 55.2 Å². The maximum atomic E-state index is 15.0. The molecule has 1 amide bonds. The summed E-state index contributed by atoms with van der Waals surface area (Å²) < 4.78 is 82.4. The van der Waals surface area contributed by atoms with Crippen LogP contribution in [-0.4, -0.2) is 73.6 Å². The number of nitrogens with one attached hydrogen (secondary N) is 3. The molecule has 10 nitrogen and oxygen atoms in total. The topological polar surface area (TPSA) is 120 Å². The third-order valence-corrected chi connectivity index (χ3v) is 11.0. The smallest absolute Gasteiger partial charge is 0.368 e. The summed E-state index contributed by atoms with van der Waals surface area (Å²) >= 11 is 0. The summed E-state index contributed by atoms with van der Waals surface area (Å²) in [6.45, 7) is 6.54. The number of alkyl halides is 3. The summed E-state index contributed by atoms with van der Waals surface area (Å²) in [4.78, 5) is 22.6. The SMILES string of the molecule is CNC(=O)[C@H]1C[C@H]2C[C@H](C2(C)C)[C@@]1(C)Nc1nc(Nc2ccc(N3CCN(S(C)(=O)=O)CC3)c(C(F)(F)F)c2)ncc1F. The summed E-state index contributed by atoms with van der Waals surface area (Å²) in [5.41, 5.74) is -1.82. The Hall–Kier alpha value is -3.20. The molecule has 0 spiro atoms. The highest BCUT2D eigenvalue weighted by molar-refractivity contribution is 7.88. The molecule has 236 valence electrons. The Morgan fingerprint density at radius 3 is 2.35 bits per heavy atom. The number of nitrogens with zero attached hydrogens (tertiary/aromatic N) is 4. The third-order valence-electron chi connectivity index (χ3n) is 9.74. The molecule has 1 aliphatic heterocycles. The second-order valence-electron chi connectivity index (χ2n) is 12.5. The fourth-order valence-electron chi connectivity index (χ4n) is 7.21. The van der Waals surface area contributed by atoms with E-state index < -0.39 is 39.0 Å². The number of benzene rings is 1. The molecule has 1 aromatic heterocycles. The van der Waals surface area contributed by atoms with Crippen molar-refractivity contribution in [2.75, 3.05) is 55.0 Å². The lowest BCUT2D eigenvalue weighted by Crippen LogP contribution is -2.69. The van der Waals surface area contributed by atoms with Crippen LogP contribution in [0.25, 0.3) is 0 Å². The van der Waals surface area contributed by atoms with Crippen LogP contribution >= 0.6 is 0 Å². The highest BCUT2D eigenvalue weighted by Crippen LogP contribution is 2.65. The number of aromatic nitrogens is 2. The largest absolute Gasteiger partial charge is 0.418 e. The molecule has 2 bridgehead atoms. The van der Waals surface area contributed by atoms with Crippen LogP contribution in [0.5, 0.6) is 0 Å². The standard InChI is InChI=1S/C28H37F4N7O3S/c1-26(2)16-12-19(24(40)33-4)27(3,22(26)13-16)37-23-20(29)15-34-25(36-23)35-17-6-7-21(18(14-17)28(30,31)32)38-8-10-39(11-9-38)43(5,41)42/h6-7,14-16,19,22H,8-13H2,1-5H3,(H,33,40)(H2,34,35,36,37)/t16-,19+,22+,27-/m0/s1. The highest BCUT2D eigenvalue weighted by atomic mass is 32.2. The van der Waals surface area contributed by atoms with Crippen LogP contribution in [0, 0.1) is 29.0 Å². The number of halogens is 4. The molecule has 1 saturated heterocycles. The number of carbonyl (C=O) groups is 1. The van der Waals surface area contributed by atoms with Crippen LogP contribution in [0.1, 0.15) is 39.2 Å². The van der Waals surface area contributed by atoms with Crippen LogP contribution in [0.2, 0.25) is 0 Å². The Labute approximate surface area is 248 Å². The number of anilines is 4. The van der Waals surface area contributed by atoms with E-state index in [1.165, 1.54) is 21.3 Å². The zero-order valence-electron chi connectivity index (χ0n) is 24.7. The predicted molar refractivity (Wildman–Crippen MR) is 155 cm³/mol. The zero-order chi connectivity index (χ0) is 31.5. The van der Waals surface area contributed by atoms with Crippen molar-refractivity contribution in [1.29, 1.82) is 0 Å². The average molecular weight is 628 g/mol. The number of piperazine rings is 1. The van der Waals surface area contributed by atoms with Crippen molar-refractivity contribution in [3.05, 3.63) is 35.8 Å². The fraction of sp³-hybridized carbons (Fsp3) is 0.607. The first-order valence-corrected chi connectivity index (χ1v) is 16.0. The average Bonchev–Trinajstić information content (AvgIpc) is 2.93. The molecule has 15 heteroatoms. The van der Waals surface area contributed by atoms with Gasteiger partial charge in [0.15, 0.2) is 11.6 Å². The van der Waals surface area contributed by atoms with E-state index in [1.54, 1.807) is 7.05 Å². The first-order chi connectivity index (χ1) is 19.9. The van der Waals surface area contributed by atoms with Crippen LogP contribution in [0.3, 0.4) is 0 Å². The summed E-state index contributed by atoms with van der Waals surface area (Å²) in [6, 6.07) is 3.68. The van der Waals surface area contributed by atoms with E-state index in [9.17, 15) is 26.4 Å². The molecule has 2 aromatic rings. The van der Waals surface area contributed by atoms with Gasteiger partial charge >= 0.3 is 6.18 Å². The lowest BCUT2D eigenvalue weighted by Gasteiger charge is -2.66. The lowest BCUT2D eigenvalue weighted by atomic mass is 9.40. The summed E-state index contributed by atoms with van der Waals surface area (Å²) in [5.74, 6) is -1.16. The van der Waals surface area contributed by atoms with Crippen molar-refractivity contribution in [2.45, 2.75) is 45.3 Å². The minimum atomic E-state index is -4.70. The van der Waals surface area contributed by atoms with E-state index in [0.29, 0.717) is 12.3 Å². The van der Waals surface area contributed by atoms with E-state index in [1.807, 2.05) is 6.92 Å². The van der Waals surface area contributed by atoms with E-state index in [-0.39, 0.29) is 66.6 Å². The molecule has 3 N–H and O–H groups in total. The van der Waals surface area contributed by atoms with Gasteiger partial charge in [-0.25, -0.2) is 17.8 Å². The van der Waals surface area contributed by atoms with Crippen molar-refractivity contribution in [3.63, 3.8) is 0 Å². The van der Waals surface area contributed by atoms with E-state index in [0.717, 1.165) is 24.9 Å². The Morgan fingerprint density at radius 1 is 1.09 bits per heavy atom. The molecule has 0 unspecified atom stereocenters. The van der Waals surface area contributed by atoms with Crippen LogP contribution in [-0.2, 0) is 21.0 Å². The molecule has 3 aliphatic carbocycles. The minimum Gasteiger partial charge on any atom is -0.368 e. The molecular weight excluding hydrogens is 590 g/mol. The van der Waals surface area contributed by atoms with Gasteiger partial charge in [-0.2, -0.15) is 22.5 Å². The van der Waals surface area contributed by atoms with Gasteiger partial charge in [-0.3, -0.25) is 4.79 Å². The number of carbonyl (C=O) groups excluding carboxylic acids is 1. The first kappa shape index (κ1) is 31.2. The molecule has 4 aliphatic rings. The Bertz CT molecular complexity index is 1510. The number of sulfonamides is 1.